The Kier molecular flexibility index (Phi) is 7.98. The van der Waals surface area contributed by atoms with E-state index in [0.29, 0.717) is 48.4 Å². The van der Waals surface area contributed by atoms with E-state index >= 15 is 0 Å². The van der Waals surface area contributed by atoms with Crippen molar-refractivity contribution in [1.29, 1.82) is 0 Å². The molecule has 0 aliphatic carbocycles. The summed E-state index contributed by atoms with van der Waals surface area (Å²) in [6.45, 7) is 13.4. The minimum atomic E-state index is -0.301. The van der Waals surface area contributed by atoms with E-state index in [1.807, 2.05) is 57.7 Å². The van der Waals surface area contributed by atoms with Crippen molar-refractivity contribution >= 4 is 11.8 Å². The molecule has 1 N–H and O–H groups in total. The highest BCUT2D eigenvalue weighted by Gasteiger charge is 2.42. The number of rotatable bonds is 8. The molecule has 0 saturated carbocycles. The van der Waals surface area contributed by atoms with Crippen LogP contribution in [0.5, 0.6) is 0 Å². The fourth-order valence-electron chi connectivity index (χ4n) is 5.97. The Morgan fingerprint density at radius 3 is 2.38 bits per heavy atom. The first-order chi connectivity index (χ1) is 19.1. The van der Waals surface area contributed by atoms with E-state index < -0.39 is 0 Å². The average molecular weight is 548 g/mol. The normalized spacial score (nSPS) is 19.7. The fraction of sp³-hybridized carbons (Fsp3) is 0.500. The van der Waals surface area contributed by atoms with Gasteiger partial charge in [-0.1, -0.05) is 26.0 Å². The highest BCUT2D eigenvalue weighted by Crippen LogP contribution is 2.33. The maximum Gasteiger partial charge on any atom is 0.257 e. The molecule has 2 aromatic heterocycles. The van der Waals surface area contributed by atoms with Gasteiger partial charge in [0.1, 0.15) is 5.82 Å². The lowest BCUT2D eigenvalue weighted by molar-refractivity contribution is -0.124. The highest BCUT2D eigenvalue weighted by molar-refractivity contribution is 5.96. The van der Waals surface area contributed by atoms with Crippen molar-refractivity contribution in [3.05, 3.63) is 70.4 Å². The molecule has 0 bridgehead atoms. The van der Waals surface area contributed by atoms with Gasteiger partial charge in [0.15, 0.2) is 5.82 Å². The van der Waals surface area contributed by atoms with Crippen LogP contribution in [0.2, 0.25) is 0 Å². The van der Waals surface area contributed by atoms with Crippen LogP contribution in [0, 0.1) is 44.3 Å². The van der Waals surface area contributed by atoms with Gasteiger partial charge in [0.05, 0.1) is 28.7 Å². The van der Waals surface area contributed by atoms with Gasteiger partial charge >= 0.3 is 0 Å². The molecule has 40 heavy (non-hydrogen) atoms. The SMILES string of the molecule is Cc1ccc(-n2nc(C)c(C(=O)N3CC4CN(CC[C@H](NC(=O)C(C)C)c5cccc(F)c5)CC4C3)c2C)nn1. The Balaban J connectivity index is 1.20. The maximum absolute atomic E-state index is 13.9. The van der Waals surface area contributed by atoms with Crippen LogP contribution in [0.4, 0.5) is 4.39 Å². The summed E-state index contributed by atoms with van der Waals surface area (Å²) in [5.41, 5.74) is 3.71. The van der Waals surface area contributed by atoms with Crippen molar-refractivity contribution in [1.82, 2.24) is 35.1 Å². The van der Waals surface area contributed by atoms with Gasteiger partial charge in [0.25, 0.3) is 5.91 Å². The smallest absolute Gasteiger partial charge is 0.257 e. The van der Waals surface area contributed by atoms with Crippen LogP contribution < -0.4 is 5.32 Å². The zero-order valence-corrected chi connectivity index (χ0v) is 23.9. The zero-order valence-electron chi connectivity index (χ0n) is 23.9. The molecule has 2 aliphatic rings. The molecule has 2 unspecified atom stereocenters. The Labute approximate surface area is 234 Å². The number of hydrogen-bond acceptors (Lipinski definition) is 6. The lowest BCUT2D eigenvalue weighted by Gasteiger charge is -2.25. The third-order valence-electron chi connectivity index (χ3n) is 8.18. The number of fused-ring (bicyclic) bond motifs is 1. The molecule has 5 rings (SSSR count). The van der Waals surface area contributed by atoms with Gasteiger partial charge in [-0.2, -0.15) is 10.2 Å². The van der Waals surface area contributed by atoms with E-state index in [9.17, 15) is 14.0 Å². The van der Waals surface area contributed by atoms with E-state index in [2.05, 4.69) is 25.5 Å². The van der Waals surface area contributed by atoms with Crippen LogP contribution >= 0.6 is 0 Å². The minimum absolute atomic E-state index is 0.0184. The summed E-state index contributed by atoms with van der Waals surface area (Å²) in [7, 11) is 0. The molecule has 3 atom stereocenters. The first kappa shape index (κ1) is 27.9. The van der Waals surface area contributed by atoms with Crippen LogP contribution in [0.1, 0.15) is 59.3 Å². The van der Waals surface area contributed by atoms with Crippen molar-refractivity contribution in [2.75, 3.05) is 32.7 Å². The van der Waals surface area contributed by atoms with Crippen molar-refractivity contribution in [3.8, 4) is 5.82 Å². The molecule has 0 spiro atoms. The lowest BCUT2D eigenvalue weighted by Crippen LogP contribution is -2.36. The van der Waals surface area contributed by atoms with E-state index in [1.54, 1.807) is 10.7 Å². The Morgan fingerprint density at radius 1 is 1.02 bits per heavy atom. The van der Waals surface area contributed by atoms with E-state index in [4.69, 9.17) is 0 Å². The van der Waals surface area contributed by atoms with Gasteiger partial charge in [-0.25, -0.2) is 9.07 Å². The first-order valence-corrected chi connectivity index (χ1v) is 14.0. The third kappa shape index (κ3) is 5.77. The number of carbonyl (C=O) groups is 2. The van der Waals surface area contributed by atoms with Crippen LogP contribution in [-0.2, 0) is 4.79 Å². The molecular formula is C30H38FN7O2. The molecule has 10 heteroatoms. The van der Waals surface area contributed by atoms with Crippen molar-refractivity contribution in [2.45, 2.75) is 47.1 Å². The molecule has 9 nitrogen and oxygen atoms in total. The number of nitrogens with one attached hydrogen (secondary N) is 1. The topological polar surface area (TPSA) is 96.2 Å². The van der Waals surface area contributed by atoms with Gasteiger partial charge in [0.2, 0.25) is 5.91 Å². The molecule has 212 valence electrons. The number of hydrogen-bond donors (Lipinski definition) is 1. The predicted molar refractivity (Wildman–Crippen MR) is 149 cm³/mol. The Bertz CT molecular complexity index is 1370. The van der Waals surface area contributed by atoms with Gasteiger partial charge in [-0.15, -0.1) is 5.10 Å². The summed E-state index contributed by atoms with van der Waals surface area (Å²) < 4.78 is 15.6. The van der Waals surface area contributed by atoms with Gasteiger partial charge in [-0.3, -0.25) is 9.59 Å². The zero-order chi connectivity index (χ0) is 28.6. The summed E-state index contributed by atoms with van der Waals surface area (Å²) >= 11 is 0. The number of aromatic nitrogens is 4. The third-order valence-corrected chi connectivity index (χ3v) is 8.18. The molecule has 3 aromatic rings. The van der Waals surface area contributed by atoms with E-state index in [0.717, 1.165) is 36.6 Å². The van der Waals surface area contributed by atoms with Crippen LogP contribution in [0.25, 0.3) is 5.82 Å². The number of aryl methyl sites for hydroxylation is 2. The summed E-state index contributed by atoms with van der Waals surface area (Å²) in [6.07, 6.45) is 0.698. The number of likely N-dealkylation sites (tertiary alicyclic amines) is 2. The average Bonchev–Trinajstić information content (AvgIpc) is 3.57. The molecule has 0 radical (unpaired) electrons. The lowest BCUT2D eigenvalue weighted by atomic mass is 10.0. The summed E-state index contributed by atoms with van der Waals surface area (Å²) in [5.74, 6) is 0.940. The first-order valence-electron chi connectivity index (χ1n) is 14.0. The molecule has 2 amide bonds. The molecule has 4 heterocycles. The van der Waals surface area contributed by atoms with Crippen LogP contribution in [0.3, 0.4) is 0 Å². The molecule has 2 saturated heterocycles. The maximum atomic E-state index is 13.9. The van der Waals surface area contributed by atoms with Crippen LogP contribution in [0.15, 0.2) is 36.4 Å². The largest absolute Gasteiger partial charge is 0.349 e. The van der Waals surface area contributed by atoms with Crippen molar-refractivity contribution in [2.24, 2.45) is 17.8 Å². The van der Waals surface area contributed by atoms with Crippen molar-refractivity contribution in [3.63, 3.8) is 0 Å². The molecular weight excluding hydrogens is 509 g/mol. The molecule has 2 aliphatic heterocycles. The summed E-state index contributed by atoms with van der Waals surface area (Å²) in [5, 5.41) is 16.0. The summed E-state index contributed by atoms with van der Waals surface area (Å²) in [4.78, 5) is 30.4. The van der Waals surface area contributed by atoms with Gasteiger partial charge < -0.3 is 15.1 Å². The van der Waals surface area contributed by atoms with Gasteiger partial charge in [0, 0.05) is 38.6 Å². The number of halogens is 1. The van der Waals surface area contributed by atoms with Crippen molar-refractivity contribution < 1.29 is 14.0 Å². The number of carbonyl (C=O) groups excluding carboxylic acids is 2. The number of benzene rings is 1. The Morgan fingerprint density at radius 2 is 1.75 bits per heavy atom. The second-order valence-electron chi connectivity index (χ2n) is 11.5. The minimum Gasteiger partial charge on any atom is -0.349 e. The number of nitrogens with zero attached hydrogens (tertiary/aromatic N) is 6. The van der Waals surface area contributed by atoms with E-state index in [-0.39, 0.29) is 29.6 Å². The Hall–Kier alpha value is -3.66. The standard InChI is InChI=1S/C30H38FN7O2/c1-18(2)29(39)32-26(22-7-6-8-25(31)13-22)11-12-36-14-23-16-37(17-24(23)15-36)30(40)28-20(4)35-38(21(28)5)27-10-9-19(3)33-34-27/h6-10,13,18,23-24,26H,11-12,14-17H2,1-5H3,(H,32,39)/t23?,24?,26-/m0/s1. The molecule has 1 aromatic carbocycles. The fourth-order valence-corrected chi connectivity index (χ4v) is 5.97. The quantitative estimate of drug-likeness (QED) is 0.463. The number of amides is 2. The van der Waals surface area contributed by atoms with Gasteiger partial charge in [-0.05, 0) is 68.9 Å². The predicted octanol–water partition coefficient (Wildman–Crippen LogP) is 3.63. The highest BCUT2D eigenvalue weighted by atomic mass is 19.1. The molecule has 2 fully saturated rings. The summed E-state index contributed by atoms with van der Waals surface area (Å²) in [6, 6.07) is 9.98. The van der Waals surface area contributed by atoms with Crippen LogP contribution in [-0.4, -0.2) is 74.3 Å². The second kappa shape index (κ2) is 11.4. The second-order valence-corrected chi connectivity index (χ2v) is 11.5. The monoisotopic (exact) mass is 547 g/mol. The van der Waals surface area contributed by atoms with E-state index in [1.165, 1.54) is 12.1 Å².